The molecule has 6 rings (SSSR count). The number of fused-ring (bicyclic) bond motifs is 1. The first kappa shape index (κ1) is 28.9. The Morgan fingerprint density at radius 1 is 0.941 bits per heavy atom. The summed E-state index contributed by atoms with van der Waals surface area (Å²) in [5.74, 6) is 2.74. The average molecular weight is 532 g/mol. The van der Waals surface area contributed by atoms with Crippen LogP contribution in [0.4, 0.5) is 11.4 Å². The number of nitrogens with zero attached hydrogens (tertiary/aromatic N) is 1. The second kappa shape index (κ2) is 12.6. The molecule has 4 aliphatic carbocycles. The highest BCUT2D eigenvalue weighted by Gasteiger charge is 2.51. The van der Waals surface area contributed by atoms with E-state index in [1.165, 1.54) is 38.5 Å². The summed E-state index contributed by atoms with van der Waals surface area (Å²) in [6, 6.07) is 7.94. The Bertz CT molecular complexity index is 924. The Kier molecular flexibility index (Phi) is 10.7. The van der Waals surface area contributed by atoms with Crippen LogP contribution in [0, 0.1) is 23.2 Å². The molecule has 0 saturated heterocycles. The molecule has 34 heavy (non-hydrogen) atoms. The SMILES string of the molecule is Cl.Cl.Cl.O=C(CC12CC3CC(CC(C3)C1)C2)Nc1ccc(NCCNCCO)c2ncccc12. The Morgan fingerprint density at radius 2 is 1.59 bits per heavy atom. The number of aromatic nitrogens is 1. The molecule has 0 spiro atoms. The molecule has 0 aliphatic heterocycles. The summed E-state index contributed by atoms with van der Waals surface area (Å²) in [5, 5.41) is 19.6. The van der Waals surface area contributed by atoms with Crippen molar-refractivity contribution >= 4 is 65.4 Å². The topological polar surface area (TPSA) is 86.3 Å². The molecule has 1 heterocycles. The van der Waals surface area contributed by atoms with Gasteiger partial charge in [0.25, 0.3) is 0 Å². The summed E-state index contributed by atoms with van der Waals surface area (Å²) >= 11 is 0. The first-order valence-corrected chi connectivity index (χ1v) is 11.9. The molecule has 4 aliphatic rings. The summed E-state index contributed by atoms with van der Waals surface area (Å²) in [6.45, 7) is 2.24. The van der Waals surface area contributed by atoms with Crippen molar-refractivity contribution in [2.24, 2.45) is 23.2 Å². The number of carbonyl (C=O) groups is 1. The first-order valence-electron chi connectivity index (χ1n) is 11.9. The van der Waals surface area contributed by atoms with Crippen LogP contribution < -0.4 is 16.0 Å². The standard InChI is InChI=1S/C25H34N4O2.3ClH/c30-9-8-26-6-7-27-22-4-3-21(20-2-1-5-28-24(20)22)29-23(31)16-25-13-17-10-18(14-25)12-19(11-17)15-25;;;/h1-5,17-19,26-27,30H,6-16H2,(H,29,31);3*1H. The zero-order valence-corrected chi connectivity index (χ0v) is 21.9. The normalized spacial score (nSPS) is 26.2. The van der Waals surface area contributed by atoms with E-state index in [-0.39, 0.29) is 55.2 Å². The molecule has 1 aromatic heterocycles. The molecule has 4 N–H and O–H groups in total. The highest BCUT2D eigenvalue weighted by molar-refractivity contribution is 6.05. The maximum absolute atomic E-state index is 13.1. The summed E-state index contributed by atoms with van der Waals surface area (Å²) in [5.41, 5.74) is 2.93. The number of hydrogen-bond acceptors (Lipinski definition) is 5. The molecule has 0 atom stereocenters. The minimum atomic E-state index is 0. The van der Waals surface area contributed by atoms with Gasteiger partial charge in [-0.15, -0.1) is 37.2 Å². The van der Waals surface area contributed by atoms with Gasteiger partial charge in [0.1, 0.15) is 0 Å². The number of carbonyl (C=O) groups excluding carboxylic acids is 1. The molecule has 1 aromatic carbocycles. The van der Waals surface area contributed by atoms with E-state index in [0.29, 0.717) is 13.0 Å². The monoisotopic (exact) mass is 530 g/mol. The van der Waals surface area contributed by atoms with Crippen LogP contribution in [-0.4, -0.2) is 42.2 Å². The number of amides is 1. The largest absolute Gasteiger partial charge is 0.395 e. The number of aliphatic hydroxyl groups is 1. The molecule has 0 unspecified atom stereocenters. The molecule has 9 heteroatoms. The highest BCUT2D eigenvalue weighted by atomic mass is 35.5. The zero-order chi connectivity index (χ0) is 21.3. The number of anilines is 2. The van der Waals surface area contributed by atoms with Gasteiger partial charge < -0.3 is 21.1 Å². The lowest BCUT2D eigenvalue weighted by Crippen LogP contribution is -2.47. The fourth-order valence-electron chi connectivity index (χ4n) is 6.96. The highest BCUT2D eigenvalue weighted by Crippen LogP contribution is 2.61. The summed E-state index contributed by atoms with van der Waals surface area (Å²) in [6.07, 6.45) is 10.4. The van der Waals surface area contributed by atoms with Gasteiger partial charge in [-0.1, -0.05) is 0 Å². The van der Waals surface area contributed by atoms with Crippen LogP contribution in [0.3, 0.4) is 0 Å². The van der Waals surface area contributed by atoms with Gasteiger partial charge in [0.15, 0.2) is 0 Å². The number of halogens is 3. The van der Waals surface area contributed by atoms with Gasteiger partial charge >= 0.3 is 0 Å². The predicted molar refractivity (Wildman–Crippen MR) is 146 cm³/mol. The molecule has 4 bridgehead atoms. The second-order valence-electron chi connectivity index (χ2n) is 10.1. The van der Waals surface area contributed by atoms with Crippen molar-refractivity contribution in [3.8, 4) is 0 Å². The number of pyridine rings is 1. The fourth-order valence-corrected chi connectivity index (χ4v) is 6.96. The summed E-state index contributed by atoms with van der Waals surface area (Å²) in [7, 11) is 0. The molecule has 6 nitrogen and oxygen atoms in total. The third-order valence-corrected chi connectivity index (χ3v) is 7.65. The van der Waals surface area contributed by atoms with Gasteiger partial charge in [-0.3, -0.25) is 9.78 Å². The Balaban J connectivity index is 0.00000136. The molecule has 0 radical (unpaired) electrons. The van der Waals surface area contributed by atoms with Crippen molar-refractivity contribution in [3.05, 3.63) is 30.5 Å². The number of benzene rings is 1. The van der Waals surface area contributed by atoms with E-state index in [9.17, 15) is 4.79 Å². The van der Waals surface area contributed by atoms with Crippen LogP contribution in [0.1, 0.15) is 44.9 Å². The van der Waals surface area contributed by atoms with E-state index in [1.807, 2.05) is 24.3 Å². The van der Waals surface area contributed by atoms with Crippen LogP contribution in [0.5, 0.6) is 0 Å². The minimum Gasteiger partial charge on any atom is -0.395 e. The summed E-state index contributed by atoms with van der Waals surface area (Å²) in [4.78, 5) is 17.7. The fraction of sp³-hybridized carbons (Fsp3) is 0.600. The van der Waals surface area contributed by atoms with Crippen LogP contribution in [0.2, 0.25) is 0 Å². The third-order valence-electron chi connectivity index (χ3n) is 7.65. The van der Waals surface area contributed by atoms with Crippen molar-refractivity contribution in [2.45, 2.75) is 44.9 Å². The van der Waals surface area contributed by atoms with Gasteiger partial charge in [0.05, 0.1) is 23.5 Å². The van der Waals surface area contributed by atoms with Crippen LogP contribution >= 0.6 is 37.2 Å². The Morgan fingerprint density at radius 3 is 2.24 bits per heavy atom. The minimum absolute atomic E-state index is 0. The second-order valence-corrected chi connectivity index (χ2v) is 10.1. The van der Waals surface area contributed by atoms with Crippen LogP contribution in [0.25, 0.3) is 10.9 Å². The molecule has 2 aromatic rings. The van der Waals surface area contributed by atoms with Crippen LogP contribution in [-0.2, 0) is 4.79 Å². The average Bonchev–Trinajstić information content (AvgIpc) is 2.73. The zero-order valence-electron chi connectivity index (χ0n) is 19.4. The molecular formula is C25H37Cl3N4O2. The van der Waals surface area contributed by atoms with E-state index in [2.05, 4.69) is 20.9 Å². The van der Waals surface area contributed by atoms with E-state index >= 15 is 0 Å². The van der Waals surface area contributed by atoms with Crippen molar-refractivity contribution < 1.29 is 9.90 Å². The molecule has 4 fully saturated rings. The van der Waals surface area contributed by atoms with Crippen molar-refractivity contribution in [2.75, 3.05) is 36.9 Å². The predicted octanol–water partition coefficient (Wildman–Crippen LogP) is 5.04. The smallest absolute Gasteiger partial charge is 0.224 e. The van der Waals surface area contributed by atoms with Gasteiger partial charge in [-0.05, 0) is 86.0 Å². The maximum Gasteiger partial charge on any atom is 0.224 e. The van der Waals surface area contributed by atoms with Gasteiger partial charge in [-0.25, -0.2) is 0 Å². The Hall–Kier alpha value is -1.31. The number of nitrogens with one attached hydrogen (secondary N) is 3. The lowest BCUT2D eigenvalue weighted by atomic mass is 9.49. The van der Waals surface area contributed by atoms with Crippen molar-refractivity contribution in [3.63, 3.8) is 0 Å². The molecule has 1 amide bonds. The van der Waals surface area contributed by atoms with Gasteiger partial charge in [0, 0.05) is 37.6 Å². The molecule has 4 saturated carbocycles. The van der Waals surface area contributed by atoms with E-state index < -0.39 is 0 Å². The molecule has 190 valence electrons. The van der Waals surface area contributed by atoms with E-state index in [4.69, 9.17) is 5.11 Å². The Labute approximate surface area is 220 Å². The maximum atomic E-state index is 13.1. The van der Waals surface area contributed by atoms with Gasteiger partial charge in [0.2, 0.25) is 5.91 Å². The van der Waals surface area contributed by atoms with Crippen LogP contribution in [0.15, 0.2) is 30.5 Å². The third kappa shape index (κ3) is 6.27. The van der Waals surface area contributed by atoms with E-state index in [1.54, 1.807) is 6.20 Å². The first-order chi connectivity index (χ1) is 15.1. The molecular weight excluding hydrogens is 495 g/mol. The number of rotatable bonds is 9. The van der Waals surface area contributed by atoms with E-state index in [0.717, 1.165) is 53.1 Å². The number of hydrogen-bond donors (Lipinski definition) is 4. The number of aliphatic hydroxyl groups excluding tert-OH is 1. The lowest BCUT2D eigenvalue weighted by Gasteiger charge is -2.56. The van der Waals surface area contributed by atoms with Crippen molar-refractivity contribution in [1.29, 1.82) is 0 Å². The lowest BCUT2D eigenvalue weighted by molar-refractivity contribution is -0.124. The van der Waals surface area contributed by atoms with Crippen molar-refractivity contribution in [1.82, 2.24) is 10.3 Å². The summed E-state index contributed by atoms with van der Waals surface area (Å²) < 4.78 is 0. The van der Waals surface area contributed by atoms with Gasteiger partial charge in [-0.2, -0.15) is 0 Å². The quantitative estimate of drug-likeness (QED) is 0.341.